The molecule has 1 saturated carbocycles. The lowest BCUT2D eigenvalue weighted by atomic mass is 9.84. The van der Waals surface area contributed by atoms with E-state index in [1.807, 2.05) is 0 Å². The molecule has 0 radical (unpaired) electrons. The summed E-state index contributed by atoms with van der Waals surface area (Å²) in [5.41, 5.74) is 1.35. The van der Waals surface area contributed by atoms with Crippen LogP contribution >= 0.6 is 0 Å². The van der Waals surface area contributed by atoms with Crippen LogP contribution in [0.5, 0.6) is 5.75 Å². The number of nitrogens with one attached hydrogen (secondary N) is 1. The first-order valence-electron chi connectivity index (χ1n) is 8.27. The van der Waals surface area contributed by atoms with E-state index in [1.165, 1.54) is 37.7 Å². The Bertz CT molecular complexity index is 374. The van der Waals surface area contributed by atoms with Gasteiger partial charge in [-0.2, -0.15) is 0 Å². The van der Waals surface area contributed by atoms with Gasteiger partial charge in [0, 0.05) is 12.6 Å². The molecule has 1 fully saturated rings. The van der Waals surface area contributed by atoms with Crippen LogP contribution in [0.2, 0.25) is 0 Å². The normalized spacial score (nSPS) is 22.7. The van der Waals surface area contributed by atoms with Crippen molar-refractivity contribution in [3.05, 3.63) is 29.8 Å². The first-order valence-corrected chi connectivity index (χ1v) is 8.27. The zero-order valence-electron chi connectivity index (χ0n) is 13.0. The summed E-state index contributed by atoms with van der Waals surface area (Å²) in [5.74, 6) is 1.92. The molecule has 0 aliphatic heterocycles. The molecular formula is C18H29NO. The van der Waals surface area contributed by atoms with Gasteiger partial charge in [-0.15, -0.1) is 0 Å². The third-order valence-electron chi connectivity index (χ3n) is 4.35. The average molecular weight is 275 g/mol. The molecule has 0 amide bonds. The third kappa shape index (κ3) is 4.82. The molecule has 0 saturated heterocycles. The molecule has 1 aliphatic carbocycles. The number of hydrogen-bond acceptors (Lipinski definition) is 2. The van der Waals surface area contributed by atoms with Crippen LogP contribution in [0.15, 0.2) is 24.3 Å². The van der Waals surface area contributed by atoms with Gasteiger partial charge in [-0.05, 0) is 42.9 Å². The van der Waals surface area contributed by atoms with Gasteiger partial charge in [-0.3, -0.25) is 0 Å². The molecule has 2 unspecified atom stereocenters. The fraction of sp³-hybridized carbons (Fsp3) is 0.667. The van der Waals surface area contributed by atoms with Crippen molar-refractivity contribution in [1.82, 2.24) is 5.32 Å². The van der Waals surface area contributed by atoms with Gasteiger partial charge in [0.15, 0.2) is 0 Å². The van der Waals surface area contributed by atoms with E-state index in [1.54, 1.807) is 0 Å². The minimum atomic E-state index is 0.713. The maximum Gasteiger partial charge on any atom is 0.119 e. The van der Waals surface area contributed by atoms with Gasteiger partial charge in [0.05, 0.1) is 6.61 Å². The maximum absolute atomic E-state index is 5.61. The molecule has 112 valence electrons. The first-order chi connectivity index (χ1) is 9.81. The van der Waals surface area contributed by atoms with Gasteiger partial charge < -0.3 is 10.1 Å². The van der Waals surface area contributed by atoms with E-state index in [-0.39, 0.29) is 0 Å². The maximum atomic E-state index is 5.61. The van der Waals surface area contributed by atoms with Crippen LogP contribution in [-0.2, 0) is 6.54 Å². The van der Waals surface area contributed by atoms with E-state index in [0.717, 1.165) is 31.2 Å². The average Bonchev–Trinajstić information content (AvgIpc) is 2.52. The largest absolute Gasteiger partial charge is 0.494 e. The Morgan fingerprint density at radius 3 is 2.65 bits per heavy atom. The lowest BCUT2D eigenvalue weighted by Crippen LogP contribution is -2.33. The van der Waals surface area contributed by atoms with Gasteiger partial charge in [0.25, 0.3) is 0 Å². The Morgan fingerprint density at radius 2 is 1.95 bits per heavy atom. The standard InChI is InChI=1S/C18H29NO/c1-3-12-20-18-10-8-16(9-11-18)14-19-17-7-5-6-15(4-2)13-17/h8-11,15,17,19H,3-7,12-14H2,1-2H3. The van der Waals surface area contributed by atoms with Crippen LogP contribution in [0.1, 0.15) is 57.9 Å². The smallest absolute Gasteiger partial charge is 0.119 e. The molecule has 0 aromatic heterocycles. The van der Waals surface area contributed by atoms with Gasteiger partial charge >= 0.3 is 0 Å². The molecule has 2 atom stereocenters. The highest BCUT2D eigenvalue weighted by atomic mass is 16.5. The number of benzene rings is 1. The van der Waals surface area contributed by atoms with Crippen molar-refractivity contribution in [3.63, 3.8) is 0 Å². The molecule has 20 heavy (non-hydrogen) atoms. The molecule has 2 nitrogen and oxygen atoms in total. The molecule has 2 heteroatoms. The second kappa shape index (κ2) is 8.31. The minimum Gasteiger partial charge on any atom is -0.494 e. The Hall–Kier alpha value is -1.02. The molecule has 2 rings (SSSR count). The summed E-state index contributed by atoms with van der Waals surface area (Å²) in [6, 6.07) is 9.24. The molecule has 1 aromatic carbocycles. The first kappa shape index (κ1) is 15.4. The highest BCUT2D eigenvalue weighted by molar-refractivity contribution is 5.27. The number of ether oxygens (including phenoxy) is 1. The number of hydrogen-bond donors (Lipinski definition) is 1. The lowest BCUT2D eigenvalue weighted by Gasteiger charge is -2.29. The zero-order valence-corrected chi connectivity index (χ0v) is 13.0. The Kier molecular flexibility index (Phi) is 6.38. The van der Waals surface area contributed by atoms with Crippen LogP contribution in [0.25, 0.3) is 0 Å². The summed E-state index contributed by atoms with van der Waals surface area (Å²) in [5, 5.41) is 3.72. The summed E-state index contributed by atoms with van der Waals surface area (Å²) < 4.78 is 5.61. The van der Waals surface area contributed by atoms with Crippen molar-refractivity contribution in [1.29, 1.82) is 0 Å². The van der Waals surface area contributed by atoms with Crippen molar-refractivity contribution >= 4 is 0 Å². The van der Waals surface area contributed by atoms with Crippen molar-refractivity contribution in [3.8, 4) is 5.75 Å². The van der Waals surface area contributed by atoms with E-state index >= 15 is 0 Å². The van der Waals surface area contributed by atoms with Crippen LogP contribution in [0, 0.1) is 5.92 Å². The fourth-order valence-corrected chi connectivity index (χ4v) is 3.03. The van der Waals surface area contributed by atoms with E-state index in [0.29, 0.717) is 6.04 Å². The predicted molar refractivity (Wildman–Crippen MR) is 85.1 cm³/mol. The third-order valence-corrected chi connectivity index (χ3v) is 4.35. The summed E-state index contributed by atoms with van der Waals surface area (Å²) in [6.45, 7) is 6.24. The summed E-state index contributed by atoms with van der Waals surface area (Å²) in [7, 11) is 0. The van der Waals surface area contributed by atoms with Crippen molar-refractivity contribution in [2.75, 3.05) is 6.61 Å². The molecule has 0 spiro atoms. The summed E-state index contributed by atoms with van der Waals surface area (Å²) in [4.78, 5) is 0. The Balaban J connectivity index is 1.75. The highest BCUT2D eigenvalue weighted by Crippen LogP contribution is 2.26. The number of rotatable bonds is 7. The van der Waals surface area contributed by atoms with Crippen molar-refractivity contribution in [2.45, 2.75) is 65.0 Å². The van der Waals surface area contributed by atoms with E-state index in [4.69, 9.17) is 4.74 Å². The Labute approximate surface area is 123 Å². The van der Waals surface area contributed by atoms with Crippen LogP contribution in [-0.4, -0.2) is 12.6 Å². The Morgan fingerprint density at radius 1 is 1.15 bits per heavy atom. The van der Waals surface area contributed by atoms with Crippen LogP contribution in [0.4, 0.5) is 0 Å². The zero-order chi connectivity index (χ0) is 14.2. The van der Waals surface area contributed by atoms with Gasteiger partial charge in [0.1, 0.15) is 5.75 Å². The second-order valence-electron chi connectivity index (χ2n) is 6.01. The van der Waals surface area contributed by atoms with E-state index in [2.05, 4.69) is 43.4 Å². The van der Waals surface area contributed by atoms with E-state index < -0.39 is 0 Å². The monoisotopic (exact) mass is 275 g/mol. The fourth-order valence-electron chi connectivity index (χ4n) is 3.03. The van der Waals surface area contributed by atoms with Crippen LogP contribution in [0.3, 0.4) is 0 Å². The van der Waals surface area contributed by atoms with Crippen molar-refractivity contribution in [2.24, 2.45) is 5.92 Å². The molecule has 1 aromatic rings. The van der Waals surface area contributed by atoms with Gasteiger partial charge in [0.2, 0.25) is 0 Å². The lowest BCUT2D eigenvalue weighted by molar-refractivity contribution is 0.278. The van der Waals surface area contributed by atoms with Gasteiger partial charge in [-0.25, -0.2) is 0 Å². The molecular weight excluding hydrogens is 246 g/mol. The second-order valence-corrected chi connectivity index (χ2v) is 6.01. The van der Waals surface area contributed by atoms with E-state index in [9.17, 15) is 0 Å². The molecule has 0 bridgehead atoms. The SMILES string of the molecule is CCCOc1ccc(CNC2CCCC(CC)C2)cc1. The summed E-state index contributed by atoms with van der Waals surface area (Å²) in [6.07, 6.45) is 7.91. The molecule has 0 heterocycles. The molecule has 1 aliphatic rings. The molecule has 1 N–H and O–H groups in total. The van der Waals surface area contributed by atoms with Crippen LogP contribution < -0.4 is 10.1 Å². The predicted octanol–water partition coefficient (Wildman–Crippen LogP) is 4.53. The van der Waals surface area contributed by atoms with Crippen molar-refractivity contribution < 1.29 is 4.74 Å². The topological polar surface area (TPSA) is 21.3 Å². The quantitative estimate of drug-likeness (QED) is 0.789. The highest BCUT2D eigenvalue weighted by Gasteiger charge is 2.19. The minimum absolute atomic E-state index is 0.713. The van der Waals surface area contributed by atoms with Gasteiger partial charge in [-0.1, -0.05) is 45.2 Å². The summed E-state index contributed by atoms with van der Waals surface area (Å²) >= 11 is 0.